The Balaban J connectivity index is 1.80. The molecule has 1 aliphatic rings. The van der Waals surface area contributed by atoms with Crippen molar-refractivity contribution in [2.75, 3.05) is 0 Å². The number of benzene rings is 1. The molecule has 1 fully saturated rings. The van der Waals surface area contributed by atoms with Crippen LogP contribution in [0, 0.1) is 0 Å². The average Bonchev–Trinajstić information content (AvgIpc) is 2.95. The van der Waals surface area contributed by atoms with Gasteiger partial charge in [0, 0.05) is 18.5 Å². The number of H-pyrrole nitrogens is 1. The highest BCUT2D eigenvalue weighted by Crippen LogP contribution is 2.24. The Hall–Kier alpha value is -2.56. The first kappa shape index (κ1) is 15.0. The first-order chi connectivity index (χ1) is 11.6. The Morgan fingerprint density at radius 2 is 1.92 bits per heavy atom. The largest absolute Gasteiger partial charge is 0.348 e. The molecule has 0 aliphatic heterocycles. The first-order valence-electron chi connectivity index (χ1n) is 8.56. The van der Waals surface area contributed by atoms with E-state index < -0.39 is 0 Å². The van der Waals surface area contributed by atoms with Crippen molar-refractivity contribution in [1.82, 2.24) is 14.9 Å². The maximum absolute atomic E-state index is 12.7. The molecule has 2 aromatic heterocycles. The number of rotatable bonds is 2. The predicted octanol–water partition coefficient (Wildman–Crippen LogP) is 3.08. The second-order valence-electron chi connectivity index (χ2n) is 6.66. The molecule has 0 spiro atoms. The fraction of sp³-hybridized carbons (Fsp3) is 0.368. The number of aryl methyl sites for hydroxylation is 1. The van der Waals surface area contributed by atoms with Gasteiger partial charge in [0.15, 0.2) is 0 Å². The molecule has 5 heteroatoms. The van der Waals surface area contributed by atoms with Gasteiger partial charge in [-0.1, -0.05) is 37.5 Å². The first-order valence-corrected chi connectivity index (χ1v) is 8.56. The Labute approximate surface area is 139 Å². The summed E-state index contributed by atoms with van der Waals surface area (Å²) >= 11 is 0. The zero-order valence-electron chi connectivity index (χ0n) is 13.8. The lowest BCUT2D eigenvalue weighted by Gasteiger charge is -2.22. The number of nitrogens with zero attached hydrogens (tertiary/aromatic N) is 1. The van der Waals surface area contributed by atoms with Crippen LogP contribution in [0.5, 0.6) is 0 Å². The van der Waals surface area contributed by atoms with Crippen LogP contribution in [0.25, 0.3) is 21.8 Å². The molecule has 1 aromatic carbocycles. The van der Waals surface area contributed by atoms with E-state index in [1.807, 2.05) is 35.9 Å². The van der Waals surface area contributed by atoms with Crippen LogP contribution in [-0.2, 0) is 7.05 Å². The van der Waals surface area contributed by atoms with Gasteiger partial charge in [0.25, 0.3) is 11.5 Å². The molecule has 0 atom stereocenters. The van der Waals surface area contributed by atoms with Gasteiger partial charge in [0.05, 0.1) is 16.4 Å². The van der Waals surface area contributed by atoms with Crippen molar-refractivity contribution < 1.29 is 4.79 Å². The molecule has 2 heterocycles. The van der Waals surface area contributed by atoms with E-state index in [1.165, 1.54) is 19.3 Å². The lowest BCUT2D eigenvalue weighted by Crippen LogP contribution is -2.36. The van der Waals surface area contributed by atoms with Crippen molar-refractivity contribution in [3.05, 3.63) is 46.4 Å². The summed E-state index contributed by atoms with van der Waals surface area (Å²) in [4.78, 5) is 28.0. The van der Waals surface area contributed by atoms with Crippen molar-refractivity contribution >= 4 is 27.7 Å². The third-order valence-electron chi connectivity index (χ3n) is 5.08. The van der Waals surface area contributed by atoms with Crippen molar-refractivity contribution in [1.29, 1.82) is 0 Å². The van der Waals surface area contributed by atoms with Crippen LogP contribution in [0.15, 0.2) is 35.1 Å². The lowest BCUT2D eigenvalue weighted by atomic mass is 9.95. The standard InChI is InChI=1S/C19H21N3O2/c1-22-16(19(24)20-12-7-3-2-4-8-12)11-14-17(22)13-9-5-6-10-15(13)21-18(14)23/h5-6,9-12H,2-4,7-8H2,1H3,(H,20,24)(H,21,23). The quantitative estimate of drug-likeness (QED) is 0.761. The summed E-state index contributed by atoms with van der Waals surface area (Å²) in [5, 5.41) is 4.64. The fourth-order valence-electron chi connectivity index (χ4n) is 3.81. The SMILES string of the molecule is Cn1c(C(=O)NC2CCCCC2)cc2c(=O)[nH]c3ccccc3c21. The molecule has 1 saturated carbocycles. The van der Waals surface area contributed by atoms with Gasteiger partial charge in [0.1, 0.15) is 5.69 Å². The molecular weight excluding hydrogens is 302 g/mol. The van der Waals surface area contributed by atoms with E-state index in [0.29, 0.717) is 11.1 Å². The summed E-state index contributed by atoms with van der Waals surface area (Å²) in [5.41, 5.74) is 1.98. The molecule has 2 N–H and O–H groups in total. The van der Waals surface area contributed by atoms with Crippen LogP contribution in [-0.4, -0.2) is 21.5 Å². The Morgan fingerprint density at radius 3 is 2.71 bits per heavy atom. The predicted molar refractivity (Wildman–Crippen MR) is 95.4 cm³/mol. The van der Waals surface area contributed by atoms with Crippen LogP contribution in [0.1, 0.15) is 42.6 Å². The summed E-state index contributed by atoms with van der Waals surface area (Å²) in [6, 6.07) is 9.64. The Morgan fingerprint density at radius 1 is 1.17 bits per heavy atom. The van der Waals surface area contributed by atoms with E-state index >= 15 is 0 Å². The highest BCUT2D eigenvalue weighted by Gasteiger charge is 2.21. The number of hydrogen-bond acceptors (Lipinski definition) is 2. The third kappa shape index (κ3) is 2.40. The number of fused-ring (bicyclic) bond motifs is 3. The normalized spacial score (nSPS) is 15.9. The number of carbonyl (C=O) groups excluding carboxylic acids is 1. The molecule has 5 nitrogen and oxygen atoms in total. The molecule has 0 unspecified atom stereocenters. The minimum atomic E-state index is -0.156. The third-order valence-corrected chi connectivity index (χ3v) is 5.08. The minimum Gasteiger partial charge on any atom is -0.348 e. The molecule has 3 aromatic rings. The van der Waals surface area contributed by atoms with Crippen LogP contribution in [0.4, 0.5) is 0 Å². The number of carbonyl (C=O) groups is 1. The Bertz CT molecular complexity index is 977. The van der Waals surface area contributed by atoms with Gasteiger partial charge < -0.3 is 14.9 Å². The smallest absolute Gasteiger partial charge is 0.268 e. The molecule has 1 amide bonds. The summed E-state index contributed by atoms with van der Waals surface area (Å²) in [6.07, 6.45) is 5.68. The highest BCUT2D eigenvalue weighted by atomic mass is 16.2. The van der Waals surface area contributed by atoms with E-state index in [0.717, 1.165) is 29.3 Å². The summed E-state index contributed by atoms with van der Waals surface area (Å²) in [5.74, 6) is -0.0934. The zero-order valence-corrected chi connectivity index (χ0v) is 13.8. The highest BCUT2D eigenvalue weighted by molar-refractivity contribution is 6.07. The van der Waals surface area contributed by atoms with Gasteiger partial charge >= 0.3 is 0 Å². The maximum Gasteiger partial charge on any atom is 0.268 e. The fourth-order valence-corrected chi connectivity index (χ4v) is 3.81. The molecule has 24 heavy (non-hydrogen) atoms. The van der Waals surface area contributed by atoms with Crippen LogP contribution >= 0.6 is 0 Å². The number of nitrogens with one attached hydrogen (secondary N) is 2. The number of pyridine rings is 1. The van der Waals surface area contributed by atoms with E-state index in [1.54, 1.807) is 6.07 Å². The number of aromatic amines is 1. The van der Waals surface area contributed by atoms with E-state index in [4.69, 9.17) is 0 Å². The second-order valence-corrected chi connectivity index (χ2v) is 6.66. The molecule has 0 saturated heterocycles. The molecule has 0 radical (unpaired) electrons. The molecule has 1 aliphatic carbocycles. The van der Waals surface area contributed by atoms with Gasteiger partial charge in [-0.3, -0.25) is 9.59 Å². The van der Waals surface area contributed by atoms with Gasteiger partial charge in [-0.2, -0.15) is 0 Å². The van der Waals surface area contributed by atoms with Crippen LogP contribution < -0.4 is 10.9 Å². The molecule has 124 valence electrons. The number of hydrogen-bond donors (Lipinski definition) is 2. The summed E-state index contributed by atoms with van der Waals surface area (Å²) < 4.78 is 1.84. The van der Waals surface area contributed by atoms with Gasteiger partial charge in [-0.25, -0.2) is 0 Å². The topological polar surface area (TPSA) is 66.9 Å². The van der Waals surface area contributed by atoms with Crippen molar-refractivity contribution in [3.8, 4) is 0 Å². The molecule has 0 bridgehead atoms. The summed E-state index contributed by atoms with van der Waals surface area (Å²) in [7, 11) is 1.85. The van der Waals surface area contributed by atoms with Crippen LogP contribution in [0.2, 0.25) is 0 Å². The summed E-state index contributed by atoms with van der Waals surface area (Å²) in [6.45, 7) is 0. The van der Waals surface area contributed by atoms with Gasteiger partial charge in [0.2, 0.25) is 0 Å². The maximum atomic E-state index is 12.7. The van der Waals surface area contributed by atoms with Crippen molar-refractivity contribution in [3.63, 3.8) is 0 Å². The zero-order chi connectivity index (χ0) is 16.7. The van der Waals surface area contributed by atoms with Crippen molar-refractivity contribution in [2.24, 2.45) is 7.05 Å². The average molecular weight is 323 g/mol. The minimum absolute atomic E-state index is 0.0934. The van der Waals surface area contributed by atoms with E-state index in [9.17, 15) is 9.59 Å². The monoisotopic (exact) mass is 323 g/mol. The molecule has 4 rings (SSSR count). The second kappa shape index (κ2) is 5.82. The number of para-hydroxylation sites is 1. The van der Waals surface area contributed by atoms with Gasteiger partial charge in [-0.05, 0) is 25.0 Å². The van der Waals surface area contributed by atoms with Crippen molar-refractivity contribution in [2.45, 2.75) is 38.1 Å². The van der Waals surface area contributed by atoms with E-state index in [2.05, 4.69) is 10.3 Å². The molecular formula is C19H21N3O2. The lowest BCUT2D eigenvalue weighted by molar-refractivity contribution is 0.0920. The number of amides is 1. The van der Waals surface area contributed by atoms with Crippen LogP contribution in [0.3, 0.4) is 0 Å². The Kier molecular flexibility index (Phi) is 3.63. The van der Waals surface area contributed by atoms with Gasteiger partial charge in [-0.15, -0.1) is 0 Å². The number of aromatic nitrogens is 2. The van der Waals surface area contributed by atoms with E-state index in [-0.39, 0.29) is 17.5 Å².